The van der Waals surface area contributed by atoms with E-state index in [1.165, 1.54) is 6.07 Å². The van der Waals surface area contributed by atoms with Crippen LogP contribution in [0.2, 0.25) is 0 Å². The molecule has 0 fully saturated rings. The van der Waals surface area contributed by atoms with Gasteiger partial charge in [0.2, 0.25) is 5.82 Å². The molecule has 0 radical (unpaired) electrons. The van der Waals surface area contributed by atoms with Gasteiger partial charge in [0.1, 0.15) is 5.82 Å². The molecule has 6 nitrogen and oxygen atoms in total. The Labute approximate surface area is 156 Å². The van der Waals surface area contributed by atoms with Crippen LogP contribution in [-0.4, -0.2) is 22.7 Å². The van der Waals surface area contributed by atoms with Gasteiger partial charge in [-0.1, -0.05) is 37.2 Å². The van der Waals surface area contributed by atoms with Gasteiger partial charge in [0, 0.05) is 23.4 Å². The molecule has 2 N–H and O–H groups in total. The van der Waals surface area contributed by atoms with Gasteiger partial charge in [0.15, 0.2) is 0 Å². The molecule has 2 aromatic carbocycles. The maximum absolute atomic E-state index is 13.7. The van der Waals surface area contributed by atoms with E-state index in [2.05, 4.69) is 20.8 Å². The van der Waals surface area contributed by atoms with Gasteiger partial charge in [-0.2, -0.15) is 4.98 Å². The van der Waals surface area contributed by atoms with Gasteiger partial charge in [-0.3, -0.25) is 0 Å². The fraction of sp³-hybridized carbons (Fsp3) is 0.250. The van der Waals surface area contributed by atoms with Crippen LogP contribution in [-0.2, 0) is 0 Å². The van der Waals surface area contributed by atoms with E-state index in [0.717, 1.165) is 0 Å². The molecule has 0 saturated heterocycles. The molecule has 7 heteroatoms. The minimum absolute atomic E-state index is 0.233. The summed E-state index contributed by atoms with van der Waals surface area (Å²) in [7, 11) is 0. The minimum atomic E-state index is -0.328. The molecule has 1 aromatic heterocycles. The van der Waals surface area contributed by atoms with Crippen LogP contribution < -0.4 is 10.6 Å². The van der Waals surface area contributed by atoms with Crippen LogP contribution in [0, 0.1) is 18.7 Å². The number of aromatic nitrogens is 2. The molecular formula is C20H21FN4O2. The smallest absolute Gasteiger partial charge is 0.319 e. The number of hydrogen-bond donors (Lipinski definition) is 2. The fourth-order valence-corrected chi connectivity index (χ4v) is 2.39. The number of rotatable bonds is 5. The summed E-state index contributed by atoms with van der Waals surface area (Å²) in [5, 5.41) is 9.52. The number of carbonyl (C=O) groups is 1. The first-order chi connectivity index (χ1) is 12.9. The minimum Gasteiger partial charge on any atom is -0.338 e. The Balaban J connectivity index is 1.76. The van der Waals surface area contributed by atoms with Crippen molar-refractivity contribution in [3.8, 4) is 22.8 Å². The van der Waals surface area contributed by atoms with Crippen molar-refractivity contribution >= 4 is 11.7 Å². The third-order valence-corrected chi connectivity index (χ3v) is 3.89. The van der Waals surface area contributed by atoms with Crippen LogP contribution >= 0.6 is 0 Å². The number of anilines is 1. The van der Waals surface area contributed by atoms with Crippen LogP contribution in [0.1, 0.15) is 19.4 Å². The number of carbonyl (C=O) groups excluding carboxylic acids is 1. The van der Waals surface area contributed by atoms with Gasteiger partial charge in [0.05, 0.1) is 0 Å². The van der Waals surface area contributed by atoms with Crippen molar-refractivity contribution < 1.29 is 13.7 Å². The number of nitrogens with one attached hydrogen (secondary N) is 2. The predicted molar refractivity (Wildman–Crippen MR) is 102 cm³/mol. The Hall–Kier alpha value is -3.22. The molecule has 0 aliphatic rings. The summed E-state index contributed by atoms with van der Waals surface area (Å²) >= 11 is 0. The Kier molecular flexibility index (Phi) is 5.49. The zero-order valence-corrected chi connectivity index (χ0v) is 15.4. The number of halogens is 1. The van der Waals surface area contributed by atoms with E-state index in [4.69, 9.17) is 4.52 Å². The van der Waals surface area contributed by atoms with E-state index in [-0.39, 0.29) is 17.7 Å². The molecule has 3 rings (SSSR count). The maximum atomic E-state index is 13.7. The van der Waals surface area contributed by atoms with E-state index in [0.29, 0.717) is 40.7 Å². The van der Waals surface area contributed by atoms with Gasteiger partial charge >= 0.3 is 6.03 Å². The Bertz CT molecular complexity index is 953. The Morgan fingerprint density at radius 3 is 2.74 bits per heavy atom. The van der Waals surface area contributed by atoms with Gasteiger partial charge in [-0.25, -0.2) is 9.18 Å². The highest BCUT2D eigenvalue weighted by Crippen LogP contribution is 2.25. The maximum Gasteiger partial charge on any atom is 0.319 e. The number of nitrogens with zero attached hydrogens (tertiary/aromatic N) is 2. The highest BCUT2D eigenvalue weighted by atomic mass is 19.1. The Morgan fingerprint density at radius 2 is 2.00 bits per heavy atom. The molecule has 3 aromatic rings. The fourth-order valence-electron chi connectivity index (χ4n) is 2.39. The molecule has 27 heavy (non-hydrogen) atoms. The van der Waals surface area contributed by atoms with Crippen LogP contribution in [0.3, 0.4) is 0 Å². The van der Waals surface area contributed by atoms with Crippen molar-refractivity contribution in [3.05, 3.63) is 53.8 Å². The normalized spacial score (nSPS) is 10.9. The third kappa shape index (κ3) is 4.69. The quantitative estimate of drug-likeness (QED) is 0.688. The first-order valence-electron chi connectivity index (χ1n) is 8.68. The van der Waals surface area contributed by atoms with E-state index < -0.39 is 0 Å². The van der Waals surface area contributed by atoms with Crippen molar-refractivity contribution in [2.45, 2.75) is 20.8 Å². The summed E-state index contributed by atoms with van der Waals surface area (Å²) in [4.78, 5) is 16.2. The number of urea groups is 1. The van der Waals surface area contributed by atoms with Gasteiger partial charge < -0.3 is 15.2 Å². The summed E-state index contributed by atoms with van der Waals surface area (Å²) < 4.78 is 19.0. The summed E-state index contributed by atoms with van der Waals surface area (Å²) in [5.41, 5.74) is 2.35. The number of aryl methyl sites for hydroxylation is 1. The van der Waals surface area contributed by atoms with Crippen LogP contribution in [0.4, 0.5) is 14.9 Å². The van der Waals surface area contributed by atoms with E-state index in [1.807, 2.05) is 19.9 Å². The molecule has 0 aliphatic carbocycles. The molecule has 0 aliphatic heterocycles. The van der Waals surface area contributed by atoms with Crippen molar-refractivity contribution in [3.63, 3.8) is 0 Å². The molecule has 140 valence electrons. The molecular weight excluding hydrogens is 347 g/mol. The average molecular weight is 368 g/mol. The van der Waals surface area contributed by atoms with Crippen LogP contribution in [0.15, 0.2) is 47.0 Å². The topological polar surface area (TPSA) is 80.0 Å². The summed E-state index contributed by atoms with van der Waals surface area (Å²) in [6.45, 7) is 6.32. The van der Waals surface area contributed by atoms with E-state index >= 15 is 0 Å². The monoisotopic (exact) mass is 368 g/mol. The highest BCUT2D eigenvalue weighted by molar-refractivity contribution is 5.89. The van der Waals surface area contributed by atoms with Crippen LogP contribution in [0.25, 0.3) is 22.8 Å². The second kappa shape index (κ2) is 7.99. The van der Waals surface area contributed by atoms with Crippen molar-refractivity contribution in [1.29, 1.82) is 0 Å². The lowest BCUT2D eigenvalue weighted by atomic mass is 10.1. The predicted octanol–water partition coefficient (Wildman–Crippen LogP) is 4.63. The van der Waals surface area contributed by atoms with Crippen molar-refractivity contribution in [2.75, 3.05) is 11.9 Å². The molecule has 0 atom stereocenters. The summed E-state index contributed by atoms with van der Waals surface area (Å²) in [6.07, 6.45) is 0. The van der Waals surface area contributed by atoms with E-state index in [9.17, 15) is 9.18 Å². The molecule has 0 saturated carbocycles. The SMILES string of the molecule is Cc1ccc(-c2nc(-c3cccc(NC(=O)NCC(C)C)c3)no2)cc1F. The lowest BCUT2D eigenvalue weighted by molar-refractivity contribution is 0.251. The molecule has 0 bridgehead atoms. The zero-order valence-electron chi connectivity index (χ0n) is 15.4. The van der Waals surface area contributed by atoms with Crippen molar-refractivity contribution in [1.82, 2.24) is 15.5 Å². The standard InChI is InChI=1S/C20H21FN4O2/c1-12(2)11-22-20(26)23-16-6-4-5-14(9-16)18-24-19(27-25-18)15-8-7-13(3)17(21)10-15/h4-10,12H,11H2,1-3H3,(H2,22,23,26). The lowest BCUT2D eigenvalue weighted by Gasteiger charge is -2.09. The number of amides is 2. The third-order valence-electron chi connectivity index (χ3n) is 3.89. The largest absolute Gasteiger partial charge is 0.338 e. The lowest BCUT2D eigenvalue weighted by Crippen LogP contribution is -2.31. The summed E-state index contributed by atoms with van der Waals surface area (Å²) in [5.74, 6) is 0.631. The second-order valence-electron chi connectivity index (χ2n) is 6.70. The highest BCUT2D eigenvalue weighted by Gasteiger charge is 2.13. The first kappa shape index (κ1) is 18.6. The van der Waals surface area contributed by atoms with Gasteiger partial charge in [-0.05, 0) is 42.7 Å². The zero-order chi connectivity index (χ0) is 19.4. The van der Waals surface area contributed by atoms with Crippen molar-refractivity contribution in [2.24, 2.45) is 5.92 Å². The van der Waals surface area contributed by atoms with E-state index in [1.54, 1.807) is 37.3 Å². The van der Waals surface area contributed by atoms with Gasteiger partial charge in [0.25, 0.3) is 5.89 Å². The molecule has 2 amide bonds. The second-order valence-corrected chi connectivity index (χ2v) is 6.70. The summed E-state index contributed by atoms with van der Waals surface area (Å²) in [6, 6.07) is 11.6. The van der Waals surface area contributed by atoms with Gasteiger partial charge in [-0.15, -0.1) is 0 Å². The molecule has 0 unspecified atom stereocenters. The first-order valence-corrected chi connectivity index (χ1v) is 8.68. The molecule has 0 spiro atoms. The Morgan fingerprint density at radius 1 is 1.19 bits per heavy atom. The molecule has 1 heterocycles. The average Bonchev–Trinajstić information content (AvgIpc) is 3.13. The number of benzene rings is 2. The number of hydrogen-bond acceptors (Lipinski definition) is 4. The van der Waals surface area contributed by atoms with Crippen LogP contribution in [0.5, 0.6) is 0 Å².